The molecule has 0 aromatic heterocycles. The highest BCUT2D eigenvalue weighted by Crippen LogP contribution is 2.16. The Labute approximate surface area is 166 Å². The maximum absolute atomic E-state index is 12.5. The lowest BCUT2D eigenvalue weighted by atomic mass is 10.0. The Morgan fingerprint density at radius 2 is 1.85 bits per heavy atom. The van der Waals surface area contributed by atoms with E-state index in [-0.39, 0.29) is 35.3 Å². The predicted molar refractivity (Wildman–Crippen MR) is 105 cm³/mol. The molecule has 1 heterocycles. The van der Waals surface area contributed by atoms with Gasteiger partial charge in [-0.1, -0.05) is 19.9 Å². The van der Waals surface area contributed by atoms with E-state index in [2.05, 4.69) is 16.0 Å². The first-order valence-electron chi connectivity index (χ1n) is 8.74. The van der Waals surface area contributed by atoms with Gasteiger partial charge in [-0.3, -0.25) is 9.59 Å². The number of carbonyl (C=O) groups excluding carboxylic acids is 2. The van der Waals surface area contributed by atoms with E-state index >= 15 is 0 Å². The summed E-state index contributed by atoms with van der Waals surface area (Å²) < 4.78 is 26.4. The second-order valence-electron chi connectivity index (χ2n) is 6.13. The average molecular weight is 419 g/mol. The monoisotopic (exact) mass is 418 g/mol. The summed E-state index contributed by atoms with van der Waals surface area (Å²) in [6.45, 7) is 6.44. The normalized spacial score (nSPS) is 14.2. The van der Waals surface area contributed by atoms with Crippen LogP contribution in [-0.2, 0) is 14.8 Å². The van der Waals surface area contributed by atoms with Gasteiger partial charge in [-0.05, 0) is 18.2 Å². The van der Waals surface area contributed by atoms with Crippen molar-refractivity contribution in [2.45, 2.75) is 18.7 Å². The van der Waals surface area contributed by atoms with Crippen molar-refractivity contribution in [1.82, 2.24) is 20.3 Å². The fraction of sp³-hybridized carbons (Fsp3) is 0.529. The molecular formula is C17H27ClN4O4S. The largest absolute Gasteiger partial charge is 0.354 e. The molecule has 0 atom stereocenters. The molecule has 3 N–H and O–H groups in total. The minimum Gasteiger partial charge on any atom is -0.354 e. The number of halogens is 1. The fourth-order valence-electron chi connectivity index (χ4n) is 2.59. The van der Waals surface area contributed by atoms with Gasteiger partial charge in [0.15, 0.2) is 0 Å². The van der Waals surface area contributed by atoms with Crippen LogP contribution >= 0.6 is 12.4 Å². The molecule has 8 nitrogen and oxygen atoms in total. The predicted octanol–water partition coefficient (Wildman–Crippen LogP) is 0.204. The van der Waals surface area contributed by atoms with Crippen LogP contribution in [0.15, 0.2) is 29.2 Å². The minimum atomic E-state index is -3.64. The standard InChI is InChI=1S/C17H26N4O4S.ClH/c1-3-21(4-2)26(24,25)15-7-5-6-14(8-15)17(23)20-12-16(22)19-11-13-9-18-10-13;/h5-8,13,18H,3-4,9-12H2,1-2H3,(H,19,22)(H,20,23);1H. The molecule has 1 saturated heterocycles. The molecule has 1 aliphatic heterocycles. The van der Waals surface area contributed by atoms with Gasteiger partial charge in [-0.25, -0.2) is 8.42 Å². The highest BCUT2D eigenvalue weighted by molar-refractivity contribution is 7.89. The lowest BCUT2D eigenvalue weighted by molar-refractivity contribution is -0.120. The van der Waals surface area contributed by atoms with E-state index in [0.29, 0.717) is 25.6 Å². The van der Waals surface area contributed by atoms with Gasteiger partial charge in [0.2, 0.25) is 15.9 Å². The maximum atomic E-state index is 12.5. The van der Waals surface area contributed by atoms with Gasteiger partial charge in [-0.2, -0.15) is 4.31 Å². The van der Waals surface area contributed by atoms with Crippen LogP contribution in [0.3, 0.4) is 0 Å². The van der Waals surface area contributed by atoms with Crippen molar-refractivity contribution in [3.8, 4) is 0 Å². The van der Waals surface area contributed by atoms with E-state index in [1.807, 2.05) is 0 Å². The number of rotatable bonds is 9. The first kappa shape index (κ1) is 23.4. The second kappa shape index (κ2) is 10.6. The van der Waals surface area contributed by atoms with Gasteiger partial charge in [0, 0.05) is 44.2 Å². The van der Waals surface area contributed by atoms with Crippen molar-refractivity contribution in [2.24, 2.45) is 5.92 Å². The van der Waals surface area contributed by atoms with Crippen LogP contribution in [-0.4, -0.2) is 63.8 Å². The van der Waals surface area contributed by atoms with Gasteiger partial charge in [0.05, 0.1) is 11.4 Å². The van der Waals surface area contributed by atoms with E-state index in [0.717, 1.165) is 13.1 Å². The van der Waals surface area contributed by atoms with Crippen LogP contribution in [0, 0.1) is 5.92 Å². The summed E-state index contributed by atoms with van der Waals surface area (Å²) in [5.41, 5.74) is 0.203. The van der Waals surface area contributed by atoms with E-state index < -0.39 is 15.9 Å². The molecule has 1 aliphatic rings. The zero-order valence-electron chi connectivity index (χ0n) is 15.5. The second-order valence-corrected chi connectivity index (χ2v) is 8.07. The van der Waals surface area contributed by atoms with Gasteiger partial charge in [-0.15, -0.1) is 12.4 Å². The van der Waals surface area contributed by atoms with Crippen LogP contribution in [0.2, 0.25) is 0 Å². The van der Waals surface area contributed by atoms with E-state index in [9.17, 15) is 18.0 Å². The van der Waals surface area contributed by atoms with Crippen molar-refractivity contribution in [3.05, 3.63) is 29.8 Å². The number of nitrogens with zero attached hydrogens (tertiary/aromatic N) is 1. The highest BCUT2D eigenvalue weighted by atomic mass is 35.5. The van der Waals surface area contributed by atoms with E-state index in [1.165, 1.54) is 28.6 Å². The zero-order valence-corrected chi connectivity index (χ0v) is 17.2. The van der Waals surface area contributed by atoms with Crippen LogP contribution in [0.4, 0.5) is 0 Å². The summed E-state index contributed by atoms with van der Waals surface area (Å²) in [5.74, 6) is -0.309. The Kier molecular flexibility index (Phi) is 9.17. The fourth-order valence-corrected chi connectivity index (χ4v) is 4.09. The van der Waals surface area contributed by atoms with Gasteiger partial charge in [0.25, 0.3) is 5.91 Å². The van der Waals surface area contributed by atoms with Crippen LogP contribution < -0.4 is 16.0 Å². The van der Waals surface area contributed by atoms with Crippen LogP contribution in [0.25, 0.3) is 0 Å². The zero-order chi connectivity index (χ0) is 19.2. The molecule has 2 rings (SSSR count). The molecule has 1 aromatic carbocycles. The third kappa shape index (κ3) is 6.17. The molecule has 2 amide bonds. The molecule has 0 radical (unpaired) electrons. The van der Waals surface area contributed by atoms with Crippen molar-refractivity contribution < 1.29 is 18.0 Å². The Hall–Kier alpha value is -1.68. The quantitative estimate of drug-likeness (QED) is 0.531. The SMILES string of the molecule is CCN(CC)S(=O)(=O)c1cccc(C(=O)NCC(=O)NCC2CNC2)c1.Cl. The number of benzene rings is 1. The molecule has 0 bridgehead atoms. The number of carbonyl (C=O) groups is 2. The molecule has 0 saturated carbocycles. The summed E-state index contributed by atoms with van der Waals surface area (Å²) in [6, 6.07) is 5.84. The first-order chi connectivity index (χ1) is 12.4. The van der Waals surface area contributed by atoms with E-state index in [1.54, 1.807) is 13.8 Å². The Balaban J connectivity index is 0.00000364. The minimum absolute atomic E-state index is 0. The Morgan fingerprint density at radius 1 is 1.19 bits per heavy atom. The van der Waals surface area contributed by atoms with Crippen LogP contribution in [0.5, 0.6) is 0 Å². The summed E-state index contributed by atoms with van der Waals surface area (Å²) in [6.07, 6.45) is 0. The van der Waals surface area contributed by atoms with Crippen molar-refractivity contribution in [2.75, 3.05) is 39.3 Å². The Morgan fingerprint density at radius 3 is 2.41 bits per heavy atom. The van der Waals surface area contributed by atoms with Gasteiger partial charge in [0.1, 0.15) is 0 Å². The van der Waals surface area contributed by atoms with Crippen molar-refractivity contribution in [1.29, 1.82) is 0 Å². The average Bonchev–Trinajstić information content (AvgIpc) is 2.59. The summed E-state index contributed by atoms with van der Waals surface area (Å²) in [5, 5.41) is 8.40. The van der Waals surface area contributed by atoms with Crippen molar-refractivity contribution >= 4 is 34.2 Å². The first-order valence-corrected chi connectivity index (χ1v) is 10.2. The maximum Gasteiger partial charge on any atom is 0.251 e. The molecule has 27 heavy (non-hydrogen) atoms. The molecule has 1 fully saturated rings. The third-order valence-electron chi connectivity index (χ3n) is 4.30. The summed E-state index contributed by atoms with van der Waals surface area (Å²) >= 11 is 0. The highest BCUT2D eigenvalue weighted by Gasteiger charge is 2.22. The number of nitrogens with one attached hydrogen (secondary N) is 3. The Bertz CT molecular complexity index is 749. The van der Waals surface area contributed by atoms with Crippen LogP contribution in [0.1, 0.15) is 24.2 Å². The molecular weight excluding hydrogens is 392 g/mol. The number of hydrogen-bond donors (Lipinski definition) is 3. The molecule has 1 aromatic rings. The van der Waals surface area contributed by atoms with E-state index in [4.69, 9.17) is 0 Å². The molecule has 0 spiro atoms. The number of sulfonamides is 1. The van der Waals surface area contributed by atoms with Gasteiger partial charge < -0.3 is 16.0 Å². The third-order valence-corrected chi connectivity index (χ3v) is 6.35. The van der Waals surface area contributed by atoms with Gasteiger partial charge >= 0.3 is 0 Å². The molecule has 0 aliphatic carbocycles. The molecule has 0 unspecified atom stereocenters. The topological polar surface area (TPSA) is 108 Å². The number of amides is 2. The molecule has 152 valence electrons. The van der Waals surface area contributed by atoms with Crippen molar-refractivity contribution in [3.63, 3.8) is 0 Å². The lowest BCUT2D eigenvalue weighted by Crippen LogP contribution is -2.49. The molecule has 10 heteroatoms. The lowest BCUT2D eigenvalue weighted by Gasteiger charge is -2.27. The smallest absolute Gasteiger partial charge is 0.251 e. The summed E-state index contributed by atoms with van der Waals surface area (Å²) in [4.78, 5) is 24.1. The number of hydrogen-bond acceptors (Lipinski definition) is 5. The summed E-state index contributed by atoms with van der Waals surface area (Å²) in [7, 11) is -3.64.